The van der Waals surface area contributed by atoms with E-state index in [1.807, 2.05) is 6.92 Å². The molecule has 0 saturated carbocycles. The molecule has 0 amide bonds. The van der Waals surface area contributed by atoms with Crippen LogP contribution in [0.1, 0.15) is 35.9 Å². The normalized spacial score (nSPS) is 17.0. The number of hydrogen-bond donors (Lipinski definition) is 2. The number of ether oxygens (including phenoxy) is 2. The first-order valence-corrected chi connectivity index (χ1v) is 11.2. The molecule has 1 aliphatic heterocycles. The van der Waals surface area contributed by atoms with Gasteiger partial charge in [-0.05, 0) is 50.8 Å². The molecule has 2 unspecified atom stereocenters. The Morgan fingerprint density at radius 3 is 2.75 bits per heavy atom. The smallest absolute Gasteiger partial charge is 0.191 e. The molecule has 1 aromatic carbocycles. The summed E-state index contributed by atoms with van der Waals surface area (Å²) in [6.07, 6.45) is 1.08. The Labute approximate surface area is 209 Å². The fraction of sp³-hybridized carbons (Fsp3) is 0.583. The van der Waals surface area contributed by atoms with E-state index >= 15 is 0 Å². The first-order chi connectivity index (χ1) is 14.9. The zero-order valence-electron chi connectivity index (χ0n) is 20.0. The van der Waals surface area contributed by atoms with Crippen LogP contribution in [0.15, 0.2) is 29.3 Å². The number of hydrogen-bond acceptors (Lipinski definition) is 4. The van der Waals surface area contributed by atoms with E-state index in [0.717, 1.165) is 55.7 Å². The van der Waals surface area contributed by atoms with Crippen molar-refractivity contribution in [2.45, 2.75) is 47.2 Å². The van der Waals surface area contributed by atoms with Gasteiger partial charge in [0, 0.05) is 50.5 Å². The first kappa shape index (κ1) is 26.4. The summed E-state index contributed by atoms with van der Waals surface area (Å²) in [6.45, 7) is 13.1. The second kappa shape index (κ2) is 13.0. The molecule has 8 heteroatoms. The largest absolute Gasteiger partial charge is 0.493 e. The van der Waals surface area contributed by atoms with Gasteiger partial charge in [0.25, 0.3) is 0 Å². The Morgan fingerprint density at radius 2 is 2.09 bits per heavy atom. The van der Waals surface area contributed by atoms with E-state index in [-0.39, 0.29) is 24.0 Å². The number of guanidine groups is 1. The maximum absolute atomic E-state index is 6.16. The highest BCUT2D eigenvalue weighted by Gasteiger charge is 2.17. The predicted octanol–water partition coefficient (Wildman–Crippen LogP) is 3.84. The molecule has 0 bridgehead atoms. The van der Waals surface area contributed by atoms with E-state index in [1.54, 1.807) is 7.05 Å². The number of nitrogens with one attached hydrogen (secondary N) is 2. The standard InChI is InChI=1S/C24H37N5O2.HI/c1-17-6-7-22(23(10-17)31-16-21-8-9-30-15-21)13-27-24(25-5)26-12-18(2)14-29-20(4)11-19(3)28-29;/h6-7,10-11,18,21H,8-9,12-16H2,1-5H3,(H2,25,26,27);1H. The second-order valence-electron chi connectivity index (χ2n) is 8.67. The molecule has 1 saturated heterocycles. The average Bonchev–Trinajstić information content (AvgIpc) is 3.37. The molecule has 1 aromatic heterocycles. The van der Waals surface area contributed by atoms with Crippen LogP contribution < -0.4 is 15.4 Å². The molecule has 1 aliphatic rings. The molecule has 178 valence electrons. The number of nitrogens with zero attached hydrogens (tertiary/aromatic N) is 3. The maximum Gasteiger partial charge on any atom is 0.191 e. The van der Waals surface area contributed by atoms with E-state index < -0.39 is 0 Å². The van der Waals surface area contributed by atoms with Gasteiger partial charge in [0.05, 0.1) is 18.9 Å². The van der Waals surface area contributed by atoms with Crippen LogP contribution >= 0.6 is 24.0 Å². The molecule has 0 spiro atoms. The minimum Gasteiger partial charge on any atom is -0.493 e. The number of benzene rings is 1. The summed E-state index contributed by atoms with van der Waals surface area (Å²) < 4.78 is 13.7. The Bertz CT molecular complexity index is 877. The number of aliphatic imine (C=N–C) groups is 1. The van der Waals surface area contributed by atoms with Gasteiger partial charge in [-0.15, -0.1) is 24.0 Å². The third kappa shape index (κ3) is 7.95. The van der Waals surface area contributed by atoms with E-state index in [9.17, 15) is 0 Å². The summed E-state index contributed by atoms with van der Waals surface area (Å²) in [4.78, 5) is 4.37. The SMILES string of the molecule is CN=C(NCc1ccc(C)cc1OCC1CCOC1)NCC(C)Cn1nc(C)cc1C.I. The molecule has 3 rings (SSSR count). The van der Waals surface area contributed by atoms with Crippen molar-refractivity contribution >= 4 is 29.9 Å². The number of aromatic nitrogens is 2. The van der Waals surface area contributed by atoms with E-state index in [2.05, 4.69) is 70.4 Å². The fourth-order valence-corrected chi connectivity index (χ4v) is 3.75. The van der Waals surface area contributed by atoms with Crippen LogP contribution in [0.5, 0.6) is 5.75 Å². The summed E-state index contributed by atoms with van der Waals surface area (Å²) >= 11 is 0. The molecule has 0 aliphatic carbocycles. The quantitative estimate of drug-likeness (QED) is 0.280. The molecule has 0 radical (unpaired) electrons. The molecule has 2 heterocycles. The van der Waals surface area contributed by atoms with Crippen LogP contribution in [0.2, 0.25) is 0 Å². The summed E-state index contributed by atoms with van der Waals surface area (Å²) in [5, 5.41) is 11.4. The van der Waals surface area contributed by atoms with Crippen molar-refractivity contribution in [3.63, 3.8) is 0 Å². The topological polar surface area (TPSA) is 72.7 Å². The van der Waals surface area contributed by atoms with Crippen LogP contribution in [0.25, 0.3) is 0 Å². The Morgan fingerprint density at radius 1 is 1.28 bits per heavy atom. The average molecular weight is 556 g/mol. The first-order valence-electron chi connectivity index (χ1n) is 11.2. The van der Waals surface area contributed by atoms with Crippen LogP contribution in [0.4, 0.5) is 0 Å². The van der Waals surface area contributed by atoms with Crippen LogP contribution in [-0.2, 0) is 17.8 Å². The highest BCUT2D eigenvalue weighted by Crippen LogP contribution is 2.22. The Kier molecular flexibility index (Phi) is 10.8. The van der Waals surface area contributed by atoms with Gasteiger partial charge in [-0.3, -0.25) is 9.67 Å². The van der Waals surface area contributed by atoms with Crippen molar-refractivity contribution in [3.8, 4) is 5.75 Å². The van der Waals surface area contributed by atoms with Crippen molar-refractivity contribution in [1.82, 2.24) is 20.4 Å². The molecule has 2 aromatic rings. The van der Waals surface area contributed by atoms with E-state index in [1.165, 1.54) is 11.3 Å². The number of aryl methyl sites for hydroxylation is 3. The van der Waals surface area contributed by atoms with Crippen molar-refractivity contribution < 1.29 is 9.47 Å². The third-order valence-corrected chi connectivity index (χ3v) is 5.60. The molecular weight excluding hydrogens is 517 g/mol. The van der Waals surface area contributed by atoms with Crippen molar-refractivity contribution in [2.75, 3.05) is 33.4 Å². The summed E-state index contributed by atoms with van der Waals surface area (Å²) in [5.74, 6) is 2.63. The maximum atomic E-state index is 6.16. The van der Waals surface area contributed by atoms with Crippen LogP contribution in [0, 0.1) is 32.6 Å². The third-order valence-electron chi connectivity index (χ3n) is 5.60. The Hall–Kier alpha value is -1.81. The predicted molar refractivity (Wildman–Crippen MR) is 140 cm³/mol. The van der Waals surface area contributed by atoms with E-state index in [4.69, 9.17) is 9.47 Å². The van der Waals surface area contributed by atoms with E-state index in [0.29, 0.717) is 25.0 Å². The molecular formula is C24H38IN5O2. The lowest BCUT2D eigenvalue weighted by molar-refractivity contribution is 0.166. The molecule has 7 nitrogen and oxygen atoms in total. The minimum atomic E-state index is 0. The van der Waals surface area contributed by atoms with Gasteiger partial charge < -0.3 is 20.1 Å². The summed E-state index contributed by atoms with van der Waals surface area (Å²) in [6, 6.07) is 8.47. The summed E-state index contributed by atoms with van der Waals surface area (Å²) in [5.41, 5.74) is 4.58. The fourth-order valence-electron chi connectivity index (χ4n) is 3.75. The minimum absolute atomic E-state index is 0. The monoisotopic (exact) mass is 555 g/mol. The van der Waals surface area contributed by atoms with Gasteiger partial charge in [0.1, 0.15) is 5.75 Å². The number of halogens is 1. The molecule has 2 N–H and O–H groups in total. The van der Waals surface area contributed by atoms with Gasteiger partial charge in [0.15, 0.2) is 5.96 Å². The lowest BCUT2D eigenvalue weighted by atomic mass is 10.1. The van der Waals surface area contributed by atoms with Crippen LogP contribution in [0.3, 0.4) is 0 Å². The highest BCUT2D eigenvalue weighted by atomic mass is 127. The van der Waals surface area contributed by atoms with Crippen molar-refractivity contribution in [2.24, 2.45) is 16.8 Å². The molecule has 1 fully saturated rings. The molecule has 2 atom stereocenters. The van der Waals surface area contributed by atoms with Gasteiger partial charge in [-0.1, -0.05) is 19.1 Å². The zero-order valence-corrected chi connectivity index (χ0v) is 22.3. The van der Waals surface area contributed by atoms with Gasteiger partial charge >= 0.3 is 0 Å². The Balaban J connectivity index is 0.00000363. The highest BCUT2D eigenvalue weighted by molar-refractivity contribution is 14.0. The van der Waals surface area contributed by atoms with Gasteiger partial charge in [-0.25, -0.2) is 0 Å². The summed E-state index contributed by atoms with van der Waals surface area (Å²) in [7, 11) is 1.80. The zero-order chi connectivity index (χ0) is 22.2. The van der Waals surface area contributed by atoms with Gasteiger partial charge in [0.2, 0.25) is 0 Å². The number of rotatable bonds is 9. The van der Waals surface area contributed by atoms with Crippen molar-refractivity contribution in [1.29, 1.82) is 0 Å². The second-order valence-corrected chi connectivity index (χ2v) is 8.67. The van der Waals surface area contributed by atoms with Crippen molar-refractivity contribution in [3.05, 3.63) is 46.8 Å². The van der Waals surface area contributed by atoms with Gasteiger partial charge in [-0.2, -0.15) is 5.10 Å². The lowest BCUT2D eigenvalue weighted by Crippen LogP contribution is -2.39. The lowest BCUT2D eigenvalue weighted by Gasteiger charge is -2.18. The molecule has 32 heavy (non-hydrogen) atoms. The van der Waals surface area contributed by atoms with Crippen LogP contribution in [-0.4, -0.2) is 49.2 Å².